The molecule has 0 spiro atoms. The van der Waals surface area contributed by atoms with Crippen LogP contribution in [0.1, 0.15) is 15.9 Å². The van der Waals surface area contributed by atoms with Crippen LogP contribution in [-0.4, -0.2) is 46.5 Å². The van der Waals surface area contributed by atoms with Gasteiger partial charge in [0, 0.05) is 11.8 Å². The normalized spacial score (nSPS) is 11.6. The van der Waals surface area contributed by atoms with Crippen molar-refractivity contribution in [1.29, 1.82) is 0 Å². The van der Waals surface area contributed by atoms with E-state index in [0.29, 0.717) is 17.8 Å². The van der Waals surface area contributed by atoms with Crippen LogP contribution >= 0.6 is 0 Å². The van der Waals surface area contributed by atoms with Gasteiger partial charge in [-0.3, -0.25) is 9.48 Å². The lowest BCUT2D eigenvalue weighted by molar-refractivity contribution is -0.143. The zero-order valence-corrected chi connectivity index (χ0v) is 15.4. The predicted octanol–water partition coefficient (Wildman–Crippen LogP) is 1.86. The first kappa shape index (κ1) is 19.3. The molecule has 0 bridgehead atoms. The molecule has 1 atom stereocenters. The molecule has 3 aromatic rings. The molecule has 0 fully saturated rings. The Bertz CT molecular complexity index is 939. The summed E-state index contributed by atoms with van der Waals surface area (Å²) in [5.41, 5.74) is 2.62. The number of aromatic nitrogens is 2. The number of aliphatic hydroxyl groups excluding tert-OH is 1. The molecule has 1 aromatic heterocycles. The lowest BCUT2D eigenvalue weighted by Gasteiger charge is -2.13. The number of aliphatic hydroxyl groups is 1. The van der Waals surface area contributed by atoms with Crippen molar-refractivity contribution in [1.82, 2.24) is 15.1 Å². The molecule has 0 saturated carbocycles. The average Bonchev–Trinajstić information content (AvgIpc) is 3.16. The van der Waals surface area contributed by atoms with Gasteiger partial charge in [-0.1, -0.05) is 60.7 Å². The largest absolute Gasteiger partial charge is 0.467 e. The molecule has 1 heterocycles. The molecule has 0 saturated heterocycles. The number of amides is 1. The van der Waals surface area contributed by atoms with Crippen LogP contribution in [-0.2, 0) is 16.1 Å². The summed E-state index contributed by atoms with van der Waals surface area (Å²) in [6.45, 7) is -0.0639. The van der Waals surface area contributed by atoms with Gasteiger partial charge in [0.25, 0.3) is 5.91 Å². The van der Waals surface area contributed by atoms with Crippen molar-refractivity contribution in [2.24, 2.45) is 0 Å². The second-order valence-electron chi connectivity index (χ2n) is 6.17. The molecule has 2 N–H and O–H groups in total. The number of nitrogens with one attached hydrogen (secondary N) is 1. The van der Waals surface area contributed by atoms with E-state index < -0.39 is 24.5 Å². The van der Waals surface area contributed by atoms with Gasteiger partial charge in [0.15, 0.2) is 6.04 Å². The number of esters is 1. The van der Waals surface area contributed by atoms with Crippen LogP contribution in [0.25, 0.3) is 11.3 Å². The fourth-order valence-electron chi connectivity index (χ4n) is 2.81. The second-order valence-corrected chi connectivity index (χ2v) is 6.17. The van der Waals surface area contributed by atoms with Crippen molar-refractivity contribution >= 4 is 11.9 Å². The first-order chi connectivity index (χ1) is 13.6. The molecule has 7 heteroatoms. The van der Waals surface area contributed by atoms with Crippen LogP contribution in [0, 0.1) is 0 Å². The number of methoxy groups -OCH3 is 1. The van der Waals surface area contributed by atoms with Gasteiger partial charge < -0.3 is 15.2 Å². The van der Waals surface area contributed by atoms with Crippen molar-refractivity contribution in [3.8, 4) is 11.3 Å². The Morgan fingerprint density at radius 3 is 2.36 bits per heavy atom. The lowest BCUT2D eigenvalue weighted by Crippen LogP contribution is -2.44. The lowest BCUT2D eigenvalue weighted by atomic mass is 10.1. The number of hydrogen-bond donors (Lipinski definition) is 2. The van der Waals surface area contributed by atoms with Crippen LogP contribution in [0.15, 0.2) is 66.9 Å². The molecule has 0 aliphatic rings. The SMILES string of the molecule is COC(=O)[C@@H](CO)NC(=O)c1cn(Cc2ccccc2)nc1-c1ccccc1. The summed E-state index contributed by atoms with van der Waals surface area (Å²) in [4.78, 5) is 24.5. The quantitative estimate of drug-likeness (QED) is 0.611. The highest BCUT2D eigenvalue weighted by Crippen LogP contribution is 2.22. The van der Waals surface area contributed by atoms with Crippen molar-refractivity contribution in [3.63, 3.8) is 0 Å². The maximum atomic E-state index is 12.8. The summed E-state index contributed by atoms with van der Waals surface area (Å²) in [5, 5.41) is 16.4. The van der Waals surface area contributed by atoms with Crippen LogP contribution in [0.5, 0.6) is 0 Å². The highest BCUT2D eigenvalue weighted by molar-refractivity contribution is 6.01. The van der Waals surface area contributed by atoms with Gasteiger partial charge in [-0.05, 0) is 5.56 Å². The van der Waals surface area contributed by atoms with E-state index >= 15 is 0 Å². The molecule has 0 unspecified atom stereocenters. The smallest absolute Gasteiger partial charge is 0.330 e. The zero-order chi connectivity index (χ0) is 19.9. The monoisotopic (exact) mass is 379 g/mol. The Hall–Kier alpha value is -3.45. The maximum Gasteiger partial charge on any atom is 0.330 e. The summed E-state index contributed by atoms with van der Waals surface area (Å²) >= 11 is 0. The Labute approximate surface area is 162 Å². The number of carbonyl (C=O) groups is 2. The molecule has 28 heavy (non-hydrogen) atoms. The van der Waals surface area contributed by atoms with Crippen molar-refractivity contribution < 1.29 is 19.4 Å². The maximum absolute atomic E-state index is 12.8. The third kappa shape index (κ3) is 4.44. The van der Waals surface area contributed by atoms with E-state index in [0.717, 1.165) is 11.1 Å². The van der Waals surface area contributed by atoms with Gasteiger partial charge >= 0.3 is 5.97 Å². The van der Waals surface area contributed by atoms with E-state index in [2.05, 4.69) is 15.2 Å². The van der Waals surface area contributed by atoms with E-state index in [1.807, 2.05) is 60.7 Å². The second kappa shape index (κ2) is 8.96. The predicted molar refractivity (Wildman–Crippen MR) is 104 cm³/mol. The first-order valence-electron chi connectivity index (χ1n) is 8.78. The Balaban J connectivity index is 1.93. The van der Waals surface area contributed by atoms with Crippen LogP contribution < -0.4 is 5.32 Å². The fourth-order valence-corrected chi connectivity index (χ4v) is 2.81. The standard InChI is InChI=1S/C21H21N3O4/c1-28-21(27)18(14-25)22-20(26)17-13-24(12-15-8-4-2-5-9-15)23-19(17)16-10-6-3-7-11-16/h2-11,13,18,25H,12,14H2,1H3,(H,22,26)/t18-/m1/s1. The van der Waals surface area contributed by atoms with Gasteiger partial charge in [-0.15, -0.1) is 0 Å². The minimum absolute atomic E-state index is 0.310. The molecule has 1 amide bonds. The van der Waals surface area contributed by atoms with E-state index in [4.69, 9.17) is 0 Å². The third-order valence-electron chi connectivity index (χ3n) is 4.21. The first-order valence-corrected chi connectivity index (χ1v) is 8.78. The van der Waals surface area contributed by atoms with Gasteiger partial charge in [0.1, 0.15) is 5.69 Å². The zero-order valence-electron chi connectivity index (χ0n) is 15.4. The number of ether oxygens (including phenoxy) is 1. The Kier molecular flexibility index (Phi) is 6.18. The molecule has 0 aliphatic carbocycles. The number of hydrogen-bond acceptors (Lipinski definition) is 5. The summed E-state index contributed by atoms with van der Waals surface area (Å²) in [6, 6.07) is 17.9. The summed E-state index contributed by atoms with van der Waals surface area (Å²) < 4.78 is 6.28. The number of rotatable bonds is 7. The Morgan fingerprint density at radius 2 is 1.75 bits per heavy atom. The van der Waals surface area contributed by atoms with E-state index in [9.17, 15) is 14.7 Å². The molecule has 2 aromatic carbocycles. The van der Waals surface area contributed by atoms with Crippen LogP contribution in [0.4, 0.5) is 0 Å². The summed E-state index contributed by atoms with van der Waals surface area (Å²) in [6.07, 6.45) is 1.64. The fraction of sp³-hybridized carbons (Fsp3) is 0.190. The van der Waals surface area contributed by atoms with E-state index in [-0.39, 0.29) is 0 Å². The van der Waals surface area contributed by atoms with Crippen molar-refractivity contribution in [2.75, 3.05) is 13.7 Å². The van der Waals surface area contributed by atoms with E-state index in [1.54, 1.807) is 10.9 Å². The topological polar surface area (TPSA) is 93.5 Å². The highest BCUT2D eigenvalue weighted by atomic mass is 16.5. The van der Waals surface area contributed by atoms with Crippen LogP contribution in [0.2, 0.25) is 0 Å². The van der Waals surface area contributed by atoms with Gasteiger partial charge in [-0.2, -0.15) is 5.10 Å². The molecule has 144 valence electrons. The summed E-state index contributed by atoms with van der Waals surface area (Å²) in [7, 11) is 1.20. The minimum atomic E-state index is -1.14. The van der Waals surface area contributed by atoms with E-state index in [1.165, 1.54) is 7.11 Å². The molecule has 3 rings (SSSR count). The summed E-state index contributed by atoms with van der Waals surface area (Å²) in [5.74, 6) is -1.23. The van der Waals surface area contributed by atoms with Gasteiger partial charge in [-0.25, -0.2) is 4.79 Å². The van der Waals surface area contributed by atoms with Crippen LogP contribution in [0.3, 0.4) is 0 Å². The average molecular weight is 379 g/mol. The molecule has 0 aliphatic heterocycles. The van der Waals surface area contributed by atoms with Crippen molar-refractivity contribution in [2.45, 2.75) is 12.6 Å². The molecular formula is C21H21N3O4. The number of nitrogens with zero attached hydrogens (tertiary/aromatic N) is 2. The molecule has 0 radical (unpaired) electrons. The van der Waals surface area contributed by atoms with Gasteiger partial charge in [0.2, 0.25) is 0 Å². The number of carbonyl (C=O) groups excluding carboxylic acids is 2. The van der Waals surface area contributed by atoms with Crippen molar-refractivity contribution in [3.05, 3.63) is 78.0 Å². The van der Waals surface area contributed by atoms with Gasteiger partial charge in [0.05, 0.1) is 25.8 Å². The highest BCUT2D eigenvalue weighted by Gasteiger charge is 2.24. The number of benzene rings is 2. The Morgan fingerprint density at radius 1 is 1.11 bits per heavy atom. The molecule has 7 nitrogen and oxygen atoms in total. The molecular weight excluding hydrogens is 358 g/mol. The third-order valence-corrected chi connectivity index (χ3v) is 4.21. The minimum Gasteiger partial charge on any atom is -0.467 e.